The summed E-state index contributed by atoms with van der Waals surface area (Å²) in [5.74, 6) is -0.204. The molecule has 0 heterocycles. The minimum Gasteiger partial charge on any atom is -0.878 e. The zero-order valence-corrected chi connectivity index (χ0v) is 6.47. The first-order valence-electron chi connectivity index (χ1n) is 1.56. The maximum absolute atomic E-state index is 9.76. The van der Waals surface area contributed by atoms with E-state index in [4.69, 9.17) is 0 Å². The smallest absolute Gasteiger partial charge is 0.878 e. The van der Waals surface area contributed by atoms with E-state index < -0.39 is 0 Å². The molecule has 3 heteroatoms. The van der Waals surface area contributed by atoms with Crippen molar-refractivity contribution in [2.24, 2.45) is 0 Å². The molecule has 0 spiro atoms. The largest absolute Gasteiger partial charge is 1.00 e. The van der Waals surface area contributed by atoms with Gasteiger partial charge < -0.3 is 5.11 Å². The fraction of sp³-hybridized carbons (Fsp3) is 0.250. The molecular weight excluding hydrogens is 103 g/mol. The molecule has 0 radical (unpaired) electrons. The fourth-order valence-electron chi connectivity index (χ4n) is 0.0958. The van der Waals surface area contributed by atoms with Crippen molar-refractivity contribution in [3.8, 4) is 0 Å². The maximum atomic E-state index is 9.76. The van der Waals surface area contributed by atoms with Crippen molar-refractivity contribution in [1.29, 1.82) is 0 Å². The number of allylic oxidation sites excluding steroid dienone is 1. The number of ketones is 1. The van der Waals surface area contributed by atoms with Crippen molar-refractivity contribution in [1.82, 2.24) is 0 Å². The van der Waals surface area contributed by atoms with E-state index in [1.165, 1.54) is 6.92 Å². The molecule has 0 aromatic heterocycles. The molecule has 0 fully saturated rings. The van der Waals surface area contributed by atoms with Crippen molar-refractivity contribution in [2.45, 2.75) is 6.92 Å². The molecule has 0 atom stereocenters. The van der Waals surface area contributed by atoms with Crippen LogP contribution in [-0.2, 0) is 4.79 Å². The van der Waals surface area contributed by atoms with E-state index in [0.717, 1.165) is 6.08 Å². The zero-order valence-electron chi connectivity index (χ0n) is 4.47. The van der Waals surface area contributed by atoms with Crippen molar-refractivity contribution in [3.05, 3.63) is 12.3 Å². The summed E-state index contributed by atoms with van der Waals surface area (Å²) >= 11 is 0. The average molecular weight is 108 g/mol. The van der Waals surface area contributed by atoms with Gasteiger partial charge in [0.1, 0.15) is 0 Å². The third-order valence-electron chi connectivity index (χ3n) is 0.303. The van der Waals surface area contributed by atoms with Crippen LogP contribution in [0.2, 0.25) is 0 Å². The van der Waals surface area contributed by atoms with Gasteiger partial charge in [0.05, 0.1) is 0 Å². The average Bonchev–Trinajstić information content (AvgIpc) is 1.35. The zero-order chi connectivity index (χ0) is 4.99. The number of carbonyl (C=O) groups excluding carboxylic acids is 1. The predicted molar refractivity (Wildman–Crippen MR) is 19.8 cm³/mol. The monoisotopic (exact) mass is 108 g/mol. The summed E-state index contributed by atoms with van der Waals surface area (Å²) < 4.78 is 0. The molecule has 34 valence electrons. The van der Waals surface area contributed by atoms with Gasteiger partial charge in [0.2, 0.25) is 0 Å². The van der Waals surface area contributed by atoms with Crippen LogP contribution < -0.4 is 34.7 Å². The Morgan fingerprint density at radius 1 is 1.71 bits per heavy atom. The van der Waals surface area contributed by atoms with E-state index in [0.29, 0.717) is 6.26 Å². The second-order valence-electron chi connectivity index (χ2n) is 0.913. The maximum Gasteiger partial charge on any atom is 1.00 e. The Morgan fingerprint density at radius 3 is 2.14 bits per heavy atom. The SMILES string of the molecule is CC(=O)/C=C/[O-].[Na+]. The molecule has 7 heavy (non-hydrogen) atoms. The molecule has 0 aromatic carbocycles. The van der Waals surface area contributed by atoms with Gasteiger partial charge in [-0.1, -0.05) is 0 Å². The first-order valence-corrected chi connectivity index (χ1v) is 1.56. The van der Waals surface area contributed by atoms with E-state index in [-0.39, 0.29) is 35.3 Å². The second kappa shape index (κ2) is 6.21. The van der Waals surface area contributed by atoms with Crippen LogP contribution in [0.3, 0.4) is 0 Å². The number of hydrogen-bond donors (Lipinski definition) is 0. The van der Waals surface area contributed by atoms with Gasteiger partial charge in [-0.05, 0) is 13.0 Å². The van der Waals surface area contributed by atoms with Crippen LogP contribution in [0.1, 0.15) is 6.92 Å². The van der Waals surface area contributed by atoms with Crippen molar-refractivity contribution >= 4 is 5.78 Å². The molecular formula is C4H5NaO2. The number of rotatable bonds is 1. The number of carbonyl (C=O) groups is 1. The summed E-state index contributed by atoms with van der Waals surface area (Å²) in [6.45, 7) is 1.33. The van der Waals surface area contributed by atoms with Crippen LogP contribution in [-0.4, -0.2) is 5.78 Å². The van der Waals surface area contributed by atoms with Gasteiger partial charge in [0.25, 0.3) is 0 Å². The van der Waals surface area contributed by atoms with Crippen LogP contribution in [0, 0.1) is 0 Å². The van der Waals surface area contributed by atoms with Gasteiger partial charge in [-0.2, -0.15) is 0 Å². The molecule has 0 aromatic rings. The topological polar surface area (TPSA) is 40.1 Å². The Kier molecular flexibility index (Phi) is 9.09. The quantitative estimate of drug-likeness (QED) is 0.198. The van der Waals surface area contributed by atoms with Crippen LogP contribution >= 0.6 is 0 Å². The summed E-state index contributed by atoms with van der Waals surface area (Å²) in [7, 11) is 0. The summed E-state index contributed by atoms with van der Waals surface area (Å²) in [6.07, 6.45) is 1.45. The molecule has 0 saturated heterocycles. The van der Waals surface area contributed by atoms with Gasteiger partial charge >= 0.3 is 29.6 Å². The molecule has 0 amide bonds. The molecule has 0 aliphatic carbocycles. The molecule has 0 bridgehead atoms. The molecule has 0 N–H and O–H groups in total. The van der Waals surface area contributed by atoms with Gasteiger partial charge in [0, 0.05) is 0 Å². The van der Waals surface area contributed by atoms with Crippen molar-refractivity contribution < 1.29 is 39.5 Å². The Morgan fingerprint density at radius 2 is 2.14 bits per heavy atom. The van der Waals surface area contributed by atoms with Crippen LogP contribution in [0.25, 0.3) is 0 Å². The van der Waals surface area contributed by atoms with E-state index in [9.17, 15) is 9.90 Å². The predicted octanol–water partition coefficient (Wildman–Crippen LogP) is -3.55. The van der Waals surface area contributed by atoms with E-state index >= 15 is 0 Å². The summed E-state index contributed by atoms with van der Waals surface area (Å²) in [5.41, 5.74) is 0. The van der Waals surface area contributed by atoms with Crippen molar-refractivity contribution in [3.63, 3.8) is 0 Å². The van der Waals surface area contributed by atoms with Gasteiger partial charge in [0.15, 0.2) is 5.78 Å². The molecule has 2 nitrogen and oxygen atoms in total. The Labute approximate surface area is 64.5 Å². The van der Waals surface area contributed by atoms with Crippen molar-refractivity contribution in [2.75, 3.05) is 0 Å². The summed E-state index contributed by atoms with van der Waals surface area (Å²) in [5, 5.41) is 9.34. The second-order valence-corrected chi connectivity index (χ2v) is 0.913. The fourth-order valence-corrected chi connectivity index (χ4v) is 0.0958. The number of hydrogen-bond acceptors (Lipinski definition) is 2. The summed E-state index contributed by atoms with van der Waals surface area (Å²) in [4.78, 5) is 9.76. The van der Waals surface area contributed by atoms with Crippen LogP contribution in [0.4, 0.5) is 0 Å². The molecule has 0 saturated carbocycles. The first kappa shape index (κ1) is 10.2. The Balaban J connectivity index is 0. The molecule has 0 unspecified atom stereocenters. The minimum absolute atomic E-state index is 0. The Bertz CT molecular complexity index is 77.8. The van der Waals surface area contributed by atoms with Crippen LogP contribution in [0.5, 0.6) is 0 Å². The van der Waals surface area contributed by atoms with E-state index in [1.807, 2.05) is 0 Å². The van der Waals surface area contributed by atoms with E-state index in [2.05, 4.69) is 0 Å². The minimum atomic E-state index is -0.204. The normalized spacial score (nSPS) is 8.14. The standard InChI is InChI=1S/C4H6O2.Na/c1-4(6)2-3-5;/h2-3,5H,1H3;/q;+1/p-1/b3-2+;. The van der Waals surface area contributed by atoms with E-state index in [1.54, 1.807) is 0 Å². The van der Waals surface area contributed by atoms with Gasteiger partial charge in [-0.3, -0.25) is 4.79 Å². The Hall–Kier alpha value is 0.210. The van der Waals surface area contributed by atoms with Gasteiger partial charge in [-0.25, -0.2) is 0 Å². The third kappa shape index (κ3) is 10.7. The molecule has 0 aliphatic rings. The first-order chi connectivity index (χ1) is 2.77. The van der Waals surface area contributed by atoms with Crippen LogP contribution in [0.15, 0.2) is 12.3 Å². The van der Waals surface area contributed by atoms with Gasteiger partial charge in [-0.15, -0.1) is 6.26 Å². The third-order valence-corrected chi connectivity index (χ3v) is 0.303. The molecule has 0 rings (SSSR count). The molecule has 0 aliphatic heterocycles. The summed E-state index contributed by atoms with van der Waals surface area (Å²) in [6, 6.07) is 0.